The summed E-state index contributed by atoms with van der Waals surface area (Å²) in [5.74, 6) is 0.919. The largest absolute Gasteiger partial charge is 0.497 e. The molecule has 0 unspecified atom stereocenters. The number of ether oxygens (including phenoxy) is 2. The van der Waals surface area contributed by atoms with Crippen LogP contribution in [0, 0.1) is 0 Å². The maximum Gasteiger partial charge on any atom is 0.338 e. The van der Waals surface area contributed by atoms with Crippen molar-refractivity contribution in [2.45, 2.75) is 57.8 Å². The highest BCUT2D eigenvalue weighted by atomic mass is 16.5. The molecule has 1 N–H and O–H groups in total. The van der Waals surface area contributed by atoms with Gasteiger partial charge in [-0.2, -0.15) is 0 Å². The standard InChI is InChI=1S/C26H34N4O4/c1-33-24-17-15-23(16-18-24)30-28-25(27-29-30)21-11-13-22(14-12-21)26(32)34-20-10-8-6-4-2-3-5-7-9-19-31/h11-18,31H,2-10,19-20H2,1H3. The van der Waals surface area contributed by atoms with Gasteiger partial charge >= 0.3 is 5.97 Å². The van der Waals surface area contributed by atoms with E-state index in [0.29, 0.717) is 24.6 Å². The van der Waals surface area contributed by atoms with Crippen molar-refractivity contribution >= 4 is 5.97 Å². The Kier molecular flexibility index (Phi) is 10.5. The Labute approximate surface area is 200 Å². The van der Waals surface area contributed by atoms with Gasteiger partial charge in [-0.05, 0) is 54.5 Å². The number of aromatic nitrogens is 4. The number of rotatable bonds is 15. The predicted octanol–water partition coefficient (Wildman–Crippen LogP) is 5.00. The summed E-state index contributed by atoms with van der Waals surface area (Å²) in [6.45, 7) is 0.739. The average molecular weight is 467 g/mol. The van der Waals surface area contributed by atoms with Crippen molar-refractivity contribution in [2.75, 3.05) is 20.3 Å². The Morgan fingerprint density at radius 1 is 0.853 bits per heavy atom. The summed E-state index contributed by atoms with van der Waals surface area (Å²) in [4.78, 5) is 13.7. The van der Waals surface area contributed by atoms with Gasteiger partial charge in [-0.15, -0.1) is 15.0 Å². The normalized spacial score (nSPS) is 10.9. The zero-order chi connectivity index (χ0) is 24.0. The van der Waals surface area contributed by atoms with Crippen LogP contribution in [-0.2, 0) is 4.74 Å². The highest BCUT2D eigenvalue weighted by Gasteiger charge is 2.11. The summed E-state index contributed by atoms with van der Waals surface area (Å²) in [7, 11) is 1.62. The van der Waals surface area contributed by atoms with Gasteiger partial charge in [-0.3, -0.25) is 0 Å². The van der Waals surface area contributed by atoms with Crippen molar-refractivity contribution in [3.8, 4) is 22.8 Å². The van der Waals surface area contributed by atoms with Crippen molar-refractivity contribution in [1.29, 1.82) is 0 Å². The van der Waals surface area contributed by atoms with Crippen LogP contribution >= 0.6 is 0 Å². The second-order valence-corrected chi connectivity index (χ2v) is 8.22. The van der Waals surface area contributed by atoms with E-state index < -0.39 is 0 Å². The van der Waals surface area contributed by atoms with Crippen LogP contribution in [0.15, 0.2) is 48.5 Å². The van der Waals surface area contributed by atoms with Crippen LogP contribution in [-0.4, -0.2) is 51.6 Å². The lowest BCUT2D eigenvalue weighted by Crippen LogP contribution is -2.06. The zero-order valence-electron chi connectivity index (χ0n) is 19.9. The fraction of sp³-hybridized carbons (Fsp3) is 0.462. The molecule has 0 aliphatic heterocycles. The van der Waals surface area contributed by atoms with E-state index in [1.807, 2.05) is 24.3 Å². The lowest BCUT2D eigenvalue weighted by molar-refractivity contribution is 0.0497. The van der Waals surface area contributed by atoms with Crippen LogP contribution in [0.3, 0.4) is 0 Å². The Morgan fingerprint density at radius 2 is 1.47 bits per heavy atom. The monoisotopic (exact) mass is 466 g/mol. The summed E-state index contributed by atoms with van der Waals surface area (Å²) in [6, 6.07) is 14.4. The molecule has 182 valence electrons. The van der Waals surface area contributed by atoms with Crippen molar-refractivity contribution in [3.63, 3.8) is 0 Å². The summed E-state index contributed by atoms with van der Waals surface area (Å²) >= 11 is 0. The van der Waals surface area contributed by atoms with Crippen molar-refractivity contribution in [2.24, 2.45) is 0 Å². The Bertz CT molecular complexity index is 987. The van der Waals surface area contributed by atoms with Crippen LogP contribution in [0.4, 0.5) is 0 Å². The average Bonchev–Trinajstić information content (AvgIpc) is 3.38. The van der Waals surface area contributed by atoms with E-state index in [1.54, 1.807) is 31.4 Å². The third-order valence-electron chi connectivity index (χ3n) is 5.63. The molecule has 0 amide bonds. The molecule has 0 aliphatic rings. The van der Waals surface area contributed by atoms with E-state index in [4.69, 9.17) is 14.6 Å². The number of hydrogen-bond donors (Lipinski definition) is 1. The number of methoxy groups -OCH3 is 1. The first-order valence-electron chi connectivity index (χ1n) is 12.0. The van der Waals surface area contributed by atoms with Crippen LogP contribution in [0.25, 0.3) is 17.1 Å². The highest BCUT2D eigenvalue weighted by molar-refractivity contribution is 5.89. The van der Waals surface area contributed by atoms with Gasteiger partial charge in [0.15, 0.2) is 0 Å². The van der Waals surface area contributed by atoms with Crippen LogP contribution in [0.2, 0.25) is 0 Å². The van der Waals surface area contributed by atoms with Gasteiger partial charge in [0.1, 0.15) is 5.75 Å². The summed E-state index contributed by atoms with van der Waals surface area (Å²) in [5.41, 5.74) is 2.06. The Balaban J connectivity index is 1.37. The molecule has 0 radical (unpaired) electrons. The predicted molar refractivity (Wildman–Crippen MR) is 130 cm³/mol. The summed E-state index contributed by atoms with van der Waals surface area (Å²) in [5, 5.41) is 21.4. The van der Waals surface area contributed by atoms with E-state index in [9.17, 15) is 4.79 Å². The number of esters is 1. The zero-order valence-corrected chi connectivity index (χ0v) is 19.9. The highest BCUT2D eigenvalue weighted by Crippen LogP contribution is 2.18. The van der Waals surface area contributed by atoms with Gasteiger partial charge in [0.2, 0.25) is 5.82 Å². The van der Waals surface area contributed by atoms with E-state index in [-0.39, 0.29) is 5.97 Å². The van der Waals surface area contributed by atoms with E-state index >= 15 is 0 Å². The van der Waals surface area contributed by atoms with Crippen molar-refractivity contribution in [3.05, 3.63) is 54.1 Å². The van der Waals surface area contributed by atoms with Gasteiger partial charge in [-0.25, -0.2) is 4.79 Å². The molecule has 8 heteroatoms. The molecule has 34 heavy (non-hydrogen) atoms. The third-order valence-corrected chi connectivity index (χ3v) is 5.63. The molecule has 0 aliphatic carbocycles. The number of carbonyl (C=O) groups excluding carboxylic acids is 1. The second kappa shape index (κ2) is 14.1. The van der Waals surface area contributed by atoms with Gasteiger partial charge < -0.3 is 14.6 Å². The molecule has 0 atom stereocenters. The molecular formula is C26H34N4O4. The smallest absolute Gasteiger partial charge is 0.338 e. The fourth-order valence-corrected chi connectivity index (χ4v) is 3.61. The van der Waals surface area contributed by atoms with Crippen LogP contribution in [0.1, 0.15) is 68.1 Å². The van der Waals surface area contributed by atoms with Crippen molar-refractivity contribution in [1.82, 2.24) is 20.2 Å². The molecule has 0 fully saturated rings. The minimum absolute atomic E-state index is 0.300. The number of benzene rings is 2. The number of aliphatic hydroxyl groups excluding tert-OH is 1. The molecule has 0 spiro atoms. The maximum absolute atomic E-state index is 12.3. The number of nitrogens with zero attached hydrogens (tertiary/aromatic N) is 4. The summed E-state index contributed by atoms with van der Waals surface area (Å²) < 4.78 is 10.6. The molecule has 0 bridgehead atoms. The summed E-state index contributed by atoms with van der Waals surface area (Å²) in [6.07, 6.45) is 10.0. The number of unbranched alkanes of at least 4 members (excludes halogenated alkanes) is 8. The van der Waals surface area contributed by atoms with Gasteiger partial charge in [0.25, 0.3) is 0 Å². The van der Waals surface area contributed by atoms with E-state index in [2.05, 4.69) is 15.4 Å². The molecule has 3 aromatic rings. The minimum Gasteiger partial charge on any atom is -0.497 e. The van der Waals surface area contributed by atoms with Crippen LogP contribution in [0.5, 0.6) is 5.75 Å². The molecule has 0 saturated carbocycles. The molecule has 1 heterocycles. The Morgan fingerprint density at radius 3 is 2.09 bits per heavy atom. The lowest BCUT2D eigenvalue weighted by atomic mass is 10.1. The molecule has 1 aromatic heterocycles. The third kappa shape index (κ3) is 7.95. The first-order valence-corrected chi connectivity index (χ1v) is 12.0. The van der Waals surface area contributed by atoms with Crippen LogP contribution < -0.4 is 4.74 Å². The number of carbonyl (C=O) groups is 1. The molecule has 2 aromatic carbocycles. The molecular weight excluding hydrogens is 432 g/mol. The molecule has 0 saturated heterocycles. The molecule has 3 rings (SSSR count). The Hall–Kier alpha value is -3.26. The maximum atomic E-state index is 12.3. The second-order valence-electron chi connectivity index (χ2n) is 8.22. The first-order chi connectivity index (χ1) is 16.7. The minimum atomic E-state index is -0.315. The topological polar surface area (TPSA) is 99.4 Å². The van der Waals surface area contributed by atoms with Gasteiger partial charge in [0.05, 0.1) is 25.0 Å². The van der Waals surface area contributed by atoms with Crippen molar-refractivity contribution < 1.29 is 19.4 Å². The first kappa shape index (κ1) is 25.4. The van der Waals surface area contributed by atoms with Gasteiger partial charge in [-0.1, -0.05) is 57.1 Å². The number of hydrogen-bond acceptors (Lipinski definition) is 7. The van der Waals surface area contributed by atoms with Gasteiger partial charge in [0, 0.05) is 12.2 Å². The fourth-order valence-electron chi connectivity index (χ4n) is 3.61. The van der Waals surface area contributed by atoms with E-state index in [0.717, 1.165) is 49.1 Å². The quantitative estimate of drug-likeness (QED) is 0.249. The van der Waals surface area contributed by atoms with E-state index in [1.165, 1.54) is 30.5 Å². The lowest BCUT2D eigenvalue weighted by Gasteiger charge is -2.06. The number of aliphatic hydroxyl groups is 1. The molecule has 8 nitrogen and oxygen atoms in total. The number of tetrazole rings is 1. The SMILES string of the molecule is COc1ccc(-n2nnc(-c3ccc(C(=O)OCCCCCCCCCCCO)cc3)n2)cc1.